The first-order chi connectivity index (χ1) is 21.3. The van der Waals surface area contributed by atoms with E-state index in [1.165, 1.54) is 16.7 Å². The van der Waals surface area contributed by atoms with E-state index in [0.717, 1.165) is 15.6 Å². The molecule has 2 heterocycles. The number of thioether (sulfide) groups is 1. The first kappa shape index (κ1) is 31.1. The van der Waals surface area contributed by atoms with Gasteiger partial charge in [-0.1, -0.05) is 63.9 Å². The van der Waals surface area contributed by atoms with Crippen LogP contribution in [0.2, 0.25) is 5.02 Å². The van der Waals surface area contributed by atoms with Gasteiger partial charge < -0.3 is 14.5 Å². The van der Waals surface area contributed by atoms with Crippen molar-refractivity contribution < 1.29 is 18.7 Å². The molecule has 0 saturated carbocycles. The minimum atomic E-state index is -0.339. The number of nitrogens with one attached hydrogen (secondary N) is 1. The number of hydrogen-bond acceptors (Lipinski definition) is 7. The summed E-state index contributed by atoms with van der Waals surface area (Å²) in [7, 11) is 0. The third-order valence-electron chi connectivity index (χ3n) is 6.13. The van der Waals surface area contributed by atoms with E-state index in [9.17, 15) is 9.59 Å². The second-order valence-electron chi connectivity index (χ2n) is 9.53. The van der Waals surface area contributed by atoms with E-state index in [1.807, 2.05) is 49.4 Å². The number of carbonyl (C=O) groups excluding carboxylic acids is 2. The molecule has 1 fully saturated rings. The molecular weight excluding hydrogens is 664 g/mol. The van der Waals surface area contributed by atoms with Crippen LogP contribution in [-0.2, 0) is 16.1 Å². The summed E-state index contributed by atoms with van der Waals surface area (Å²) in [6.07, 6.45) is 6.91. The van der Waals surface area contributed by atoms with Gasteiger partial charge in [0.05, 0.1) is 23.9 Å². The smallest absolute Gasteiger partial charge is 0.267 e. The summed E-state index contributed by atoms with van der Waals surface area (Å²) >= 11 is 10.6. The molecule has 11 heteroatoms. The van der Waals surface area contributed by atoms with E-state index in [1.54, 1.807) is 67.1 Å². The number of allylic oxidation sites excluding steroid dienone is 1. The highest BCUT2D eigenvalue weighted by Crippen LogP contribution is 2.36. The summed E-state index contributed by atoms with van der Waals surface area (Å²) in [5.41, 5.74) is 3.16. The largest absolute Gasteiger partial charge is 0.483 e. The molecule has 0 bridgehead atoms. The van der Waals surface area contributed by atoms with Gasteiger partial charge in [0.15, 0.2) is 11.8 Å². The van der Waals surface area contributed by atoms with Crippen molar-refractivity contribution in [2.75, 3.05) is 11.9 Å². The Balaban J connectivity index is 1.35. The monoisotopic (exact) mass is 688 g/mol. The Kier molecular flexibility index (Phi) is 10.5. The number of rotatable bonds is 10. The summed E-state index contributed by atoms with van der Waals surface area (Å²) in [5, 5.41) is 12.4. The number of hydrogen-bond donors (Lipinski definition) is 1. The maximum absolute atomic E-state index is 13.6. The number of halogens is 2. The number of amidine groups is 1. The first-order valence-electron chi connectivity index (χ1n) is 13.4. The molecule has 5 rings (SSSR count). The number of amides is 2. The van der Waals surface area contributed by atoms with Crippen LogP contribution in [0.15, 0.2) is 121 Å². The molecule has 4 aromatic rings. The number of nitrogens with zero attached hydrogens (tertiary/aromatic N) is 3. The van der Waals surface area contributed by atoms with Gasteiger partial charge in [-0.2, -0.15) is 5.10 Å². The van der Waals surface area contributed by atoms with E-state index in [2.05, 4.69) is 31.4 Å². The minimum absolute atomic E-state index is 0.191. The predicted octanol–water partition coefficient (Wildman–Crippen LogP) is 8.27. The molecule has 44 heavy (non-hydrogen) atoms. The van der Waals surface area contributed by atoms with Crippen LogP contribution < -0.4 is 10.1 Å². The zero-order valence-electron chi connectivity index (χ0n) is 23.4. The lowest BCUT2D eigenvalue weighted by molar-refractivity contribution is -0.122. The Labute approximate surface area is 272 Å². The van der Waals surface area contributed by atoms with E-state index in [4.69, 9.17) is 20.8 Å². The SMILES string of the molecule is CC(/C=N/N=C1\S/C(=C\c2cc(Br)ccc2OCC(=O)Nc2ccc(Cl)cc2)C(=O)N1Cc1ccco1)=C\c1ccccc1. The molecule has 8 nitrogen and oxygen atoms in total. The fourth-order valence-corrected chi connectivity index (χ4v) is 5.51. The number of anilines is 1. The molecule has 0 spiro atoms. The number of ether oxygens (including phenoxy) is 1. The molecule has 0 radical (unpaired) electrons. The van der Waals surface area contributed by atoms with Crippen LogP contribution in [0.25, 0.3) is 12.2 Å². The number of furan rings is 1. The normalized spacial score (nSPS) is 15.5. The summed E-state index contributed by atoms with van der Waals surface area (Å²) in [5.74, 6) is 0.440. The highest BCUT2D eigenvalue weighted by molar-refractivity contribution is 9.10. The first-order valence-corrected chi connectivity index (χ1v) is 15.4. The predicted molar refractivity (Wildman–Crippen MR) is 181 cm³/mol. The summed E-state index contributed by atoms with van der Waals surface area (Å²) in [6.45, 7) is 1.89. The van der Waals surface area contributed by atoms with Gasteiger partial charge in [0.25, 0.3) is 11.8 Å². The Hall–Kier alpha value is -4.38. The van der Waals surface area contributed by atoms with Crippen LogP contribution in [0, 0.1) is 0 Å². The van der Waals surface area contributed by atoms with Crippen LogP contribution in [0.5, 0.6) is 5.75 Å². The highest BCUT2D eigenvalue weighted by Gasteiger charge is 2.34. The molecule has 2 amide bonds. The van der Waals surface area contributed by atoms with E-state index < -0.39 is 0 Å². The number of carbonyl (C=O) groups is 2. The lowest BCUT2D eigenvalue weighted by atomic mass is 10.1. The van der Waals surface area contributed by atoms with Crippen molar-refractivity contribution in [3.63, 3.8) is 0 Å². The molecule has 0 atom stereocenters. The molecule has 1 aromatic heterocycles. The van der Waals surface area contributed by atoms with Crippen molar-refractivity contribution in [3.05, 3.63) is 128 Å². The quantitative estimate of drug-likeness (QED) is 0.103. The van der Waals surface area contributed by atoms with Gasteiger partial charge in [-0.25, -0.2) is 0 Å². The van der Waals surface area contributed by atoms with Gasteiger partial charge >= 0.3 is 0 Å². The molecule has 1 N–H and O–H groups in total. The molecule has 0 aliphatic carbocycles. The summed E-state index contributed by atoms with van der Waals surface area (Å²) < 4.78 is 12.1. The third-order valence-corrected chi connectivity index (χ3v) is 7.87. The highest BCUT2D eigenvalue weighted by atomic mass is 79.9. The van der Waals surface area contributed by atoms with Gasteiger partial charge in [-0.15, -0.1) is 5.10 Å². The standard InChI is InChI=1S/C33H26BrClN4O4S/c1-22(16-23-6-3-2-4-7-23)19-36-38-33-39(20-28-8-5-15-42-28)32(41)30(44-33)18-24-17-25(34)9-14-29(24)43-21-31(40)37-27-12-10-26(35)11-13-27/h2-19H,20-21H2,1H3,(H,37,40)/b22-16+,30-18-,36-19+,38-33-. The molecular formula is C33H26BrClN4O4S. The fourth-order valence-electron chi connectivity index (χ4n) is 4.08. The second kappa shape index (κ2) is 14.9. The van der Waals surface area contributed by atoms with Crippen molar-refractivity contribution in [1.29, 1.82) is 0 Å². The van der Waals surface area contributed by atoms with Crippen LogP contribution in [-0.4, -0.2) is 34.7 Å². The molecule has 3 aromatic carbocycles. The van der Waals surface area contributed by atoms with Gasteiger partial charge in [0.2, 0.25) is 0 Å². The lowest BCUT2D eigenvalue weighted by Gasteiger charge is -2.13. The van der Waals surface area contributed by atoms with E-state index in [0.29, 0.717) is 37.9 Å². The minimum Gasteiger partial charge on any atom is -0.483 e. The number of benzene rings is 3. The molecule has 1 saturated heterocycles. The average Bonchev–Trinajstić information content (AvgIpc) is 3.63. The maximum atomic E-state index is 13.6. The van der Waals surface area contributed by atoms with Crippen molar-refractivity contribution in [1.82, 2.24) is 4.90 Å². The summed E-state index contributed by atoms with van der Waals surface area (Å²) in [4.78, 5) is 28.1. The van der Waals surface area contributed by atoms with Gasteiger partial charge in [-0.3, -0.25) is 14.5 Å². The lowest BCUT2D eigenvalue weighted by Crippen LogP contribution is -2.28. The van der Waals surface area contributed by atoms with Crippen molar-refractivity contribution in [2.24, 2.45) is 10.2 Å². The molecule has 1 aliphatic rings. The zero-order chi connectivity index (χ0) is 30.9. The Morgan fingerprint density at radius 1 is 1.09 bits per heavy atom. The van der Waals surface area contributed by atoms with Gasteiger partial charge in [0.1, 0.15) is 11.5 Å². The van der Waals surface area contributed by atoms with Crippen LogP contribution in [0.4, 0.5) is 5.69 Å². The van der Waals surface area contributed by atoms with Crippen molar-refractivity contribution in [3.8, 4) is 5.75 Å². The zero-order valence-corrected chi connectivity index (χ0v) is 26.6. The van der Waals surface area contributed by atoms with Crippen molar-refractivity contribution in [2.45, 2.75) is 13.5 Å². The fraction of sp³-hybridized carbons (Fsp3) is 0.0909. The molecule has 222 valence electrons. The van der Waals surface area contributed by atoms with Crippen LogP contribution in [0.3, 0.4) is 0 Å². The van der Waals surface area contributed by atoms with Gasteiger partial charge in [0, 0.05) is 20.7 Å². The summed E-state index contributed by atoms with van der Waals surface area (Å²) in [6, 6.07) is 25.6. The average molecular weight is 690 g/mol. The van der Waals surface area contributed by atoms with Crippen LogP contribution in [0.1, 0.15) is 23.8 Å². The van der Waals surface area contributed by atoms with E-state index in [-0.39, 0.29) is 25.0 Å². The topological polar surface area (TPSA) is 96.5 Å². The van der Waals surface area contributed by atoms with Crippen molar-refractivity contribution >= 4 is 80.3 Å². The molecule has 1 aliphatic heterocycles. The Bertz CT molecular complexity index is 1750. The van der Waals surface area contributed by atoms with Crippen LogP contribution >= 0.6 is 39.3 Å². The Morgan fingerprint density at radius 3 is 2.64 bits per heavy atom. The van der Waals surface area contributed by atoms with E-state index >= 15 is 0 Å². The van der Waals surface area contributed by atoms with Gasteiger partial charge in [-0.05, 0) is 90.5 Å². The maximum Gasteiger partial charge on any atom is 0.267 e. The second-order valence-corrected chi connectivity index (χ2v) is 11.9. The third kappa shape index (κ3) is 8.59. The Morgan fingerprint density at radius 2 is 1.89 bits per heavy atom. The molecule has 0 unspecified atom stereocenters.